The van der Waals surface area contributed by atoms with Crippen LogP contribution in [0.5, 0.6) is 0 Å². The smallest absolute Gasteiger partial charge is 0.243 e. The highest BCUT2D eigenvalue weighted by molar-refractivity contribution is 7.89. The zero-order chi connectivity index (χ0) is 14.9. The predicted molar refractivity (Wildman–Crippen MR) is 76.3 cm³/mol. The number of sulfonamides is 1. The molecule has 0 saturated carbocycles. The molecule has 0 radical (unpaired) electrons. The molecular weight excluding hydrogens is 302 g/mol. The lowest BCUT2D eigenvalue weighted by Gasteiger charge is -2.24. The number of hydrogen-bond donors (Lipinski definition) is 1. The van der Waals surface area contributed by atoms with Crippen LogP contribution in [0.25, 0.3) is 0 Å². The third kappa shape index (κ3) is 2.84. The van der Waals surface area contributed by atoms with Gasteiger partial charge in [-0.25, -0.2) is 8.42 Å². The number of rotatable bonds is 4. The van der Waals surface area contributed by atoms with Crippen molar-refractivity contribution in [1.82, 2.24) is 4.31 Å². The van der Waals surface area contributed by atoms with E-state index in [1.807, 2.05) is 0 Å². The average Bonchev–Trinajstić information content (AvgIpc) is 2.93. The van der Waals surface area contributed by atoms with Crippen LogP contribution in [0.2, 0.25) is 5.02 Å². The summed E-state index contributed by atoms with van der Waals surface area (Å²) >= 11 is 5.95. The largest absolute Gasteiger partial charge is 0.392 e. The molecule has 0 amide bonds. The summed E-state index contributed by atoms with van der Waals surface area (Å²) in [5.41, 5.74) is 1.05. The molecule has 5 nitrogen and oxygen atoms in total. The first-order chi connectivity index (χ1) is 9.37. The van der Waals surface area contributed by atoms with Crippen LogP contribution in [0.1, 0.15) is 17.5 Å². The number of hydrogen-bond acceptors (Lipinski definition) is 4. The molecule has 0 bridgehead atoms. The van der Waals surface area contributed by atoms with E-state index in [0.29, 0.717) is 35.8 Å². The zero-order valence-electron chi connectivity index (χ0n) is 11.5. The molecule has 20 heavy (non-hydrogen) atoms. The molecule has 1 aromatic carbocycles. The first-order valence-corrected chi connectivity index (χ1v) is 8.15. The standard InChI is InChI=1S/C13H18ClNO4S/c1-9-10(7-16)5-11(14)6-13(9)20(17,18)15(2)12-3-4-19-8-12/h5-6,12,16H,3-4,7-8H2,1-2H3. The van der Waals surface area contributed by atoms with E-state index in [1.54, 1.807) is 20.0 Å². The molecule has 7 heteroatoms. The average molecular weight is 320 g/mol. The van der Waals surface area contributed by atoms with E-state index in [0.717, 1.165) is 0 Å². The molecule has 112 valence electrons. The fraction of sp³-hybridized carbons (Fsp3) is 0.538. The monoisotopic (exact) mass is 319 g/mol. The molecule has 0 aliphatic carbocycles. The van der Waals surface area contributed by atoms with Crippen molar-refractivity contribution in [2.24, 2.45) is 0 Å². The Morgan fingerprint density at radius 2 is 2.20 bits per heavy atom. The van der Waals surface area contributed by atoms with Crippen LogP contribution >= 0.6 is 11.6 Å². The number of benzene rings is 1. The van der Waals surface area contributed by atoms with Crippen molar-refractivity contribution < 1.29 is 18.3 Å². The minimum absolute atomic E-state index is 0.142. The van der Waals surface area contributed by atoms with Crippen molar-refractivity contribution in [3.05, 3.63) is 28.3 Å². The highest BCUT2D eigenvalue weighted by atomic mass is 35.5. The third-order valence-electron chi connectivity index (χ3n) is 3.68. The van der Waals surface area contributed by atoms with Crippen LogP contribution in [0, 0.1) is 6.92 Å². The normalized spacial score (nSPS) is 19.8. The van der Waals surface area contributed by atoms with Gasteiger partial charge in [-0.15, -0.1) is 0 Å². The van der Waals surface area contributed by atoms with E-state index in [1.165, 1.54) is 10.4 Å². The van der Waals surface area contributed by atoms with Gasteiger partial charge in [-0.1, -0.05) is 11.6 Å². The van der Waals surface area contributed by atoms with Gasteiger partial charge in [-0.05, 0) is 36.6 Å². The van der Waals surface area contributed by atoms with Gasteiger partial charge in [0, 0.05) is 18.7 Å². The van der Waals surface area contributed by atoms with Gasteiger partial charge in [0.25, 0.3) is 0 Å². The Hall–Kier alpha value is -0.660. The second-order valence-corrected chi connectivity index (χ2v) is 7.29. The van der Waals surface area contributed by atoms with E-state index in [2.05, 4.69) is 0 Å². The van der Waals surface area contributed by atoms with Crippen molar-refractivity contribution in [2.45, 2.75) is 30.9 Å². The molecule has 1 heterocycles. The molecule has 2 rings (SSSR count). The molecule has 1 fully saturated rings. The van der Waals surface area contributed by atoms with Crippen molar-refractivity contribution in [3.63, 3.8) is 0 Å². The SMILES string of the molecule is Cc1c(CO)cc(Cl)cc1S(=O)(=O)N(C)C1CCOC1. The van der Waals surface area contributed by atoms with Gasteiger partial charge < -0.3 is 9.84 Å². The minimum Gasteiger partial charge on any atom is -0.392 e. The van der Waals surface area contributed by atoms with E-state index < -0.39 is 10.0 Å². The lowest BCUT2D eigenvalue weighted by Crippen LogP contribution is -2.37. The van der Waals surface area contributed by atoms with Gasteiger partial charge in [0.15, 0.2) is 0 Å². The van der Waals surface area contributed by atoms with Gasteiger partial charge in [-0.2, -0.15) is 4.31 Å². The Kier molecular flexibility index (Phi) is 4.71. The number of likely N-dealkylation sites (N-methyl/N-ethyl adjacent to an activating group) is 1. The fourth-order valence-electron chi connectivity index (χ4n) is 2.30. The van der Waals surface area contributed by atoms with Gasteiger partial charge in [-0.3, -0.25) is 0 Å². The van der Waals surface area contributed by atoms with Crippen molar-refractivity contribution in [3.8, 4) is 0 Å². The molecule has 0 spiro atoms. The van der Waals surface area contributed by atoms with Crippen LogP contribution < -0.4 is 0 Å². The summed E-state index contributed by atoms with van der Waals surface area (Å²) < 4.78 is 32.0. The molecule has 1 saturated heterocycles. The first-order valence-electron chi connectivity index (χ1n) is 6.33. The van der Waals surface area contributed by atoms with Crippen molar-refractivity contribution in [1.29, 1.82) is 0 Å². The Bertz CT molecular complexity index is 597. The highest BCUT2D eigenvalue weighted by Crippen LogP contribution is 2.28. The molecule has 1 N–H and O–H groups in total. The number of ether oxygens (including phenoxy) is 1. The summed E-state index contributed by atoms with van der Waals surface area (Å²) in [7, 11) is -2.10. The van der Waals surface area contributed by atoms with Crippen LogP contribution in [0.15, 0.2) is 17.0 Å². The topological polar surface area (TPSA) is 66.8 Å². The number of nitrogens with zero attached hydrogens (tertiary/aromatic N) is 1. The lowest BCUT2D eigenvalue weighted by molar-refractivity contribution is 0.181. The molecule has 1 aliphatic heterocycles. The summed E-state index contributed by atoms with van der Waals surface area (Å²) in [5, 5.41) is 9.60. The number of aliphatic hydroxyl groups is 1. The summed E-state index contributed by atoms with van der Waals surface area (Å²) in [6.45, 7) is 2.40. The van der Waals surface area contributed by atoms with Crippen molar-refractivity contribution in [2.75, 3.05) is 20.3 Å². The van der Waals surface area contributed by atoms with E-state index >= 15 is 0 Å². The summed E-state index contributed by atoms with van der Waals surface area (Å²) in [5.74, 6) is 0. The summed E-state index contributed by atoms with van der Waals surface area (Å²) in [6, 6.07) is 2.85. The Balaban J connectivity index is 2.45. The van der Waals surface area contributed by atoms with Crippen molar-refractivity contribution >= 4 is 21.6 Å². The maximum absolute atomic E-state index is 12.7. The van der Waals surface area contributed by atoms with Crippen LogP contribution in [0.3, 0.4) is 0 Å². The van der Waals surface area contributed by atoms with Crippen LogP contribution in [-0.4, -0.2) is 44.1 Å². The fourth-order valence-corrected chi connectivity index (χ4v) is 4.27. The Morgan fingerprint density at radius 1 is 1.50 bits per heavy atom. The summed E-state index contributed by atoms with van der Waals surface area (Å²) in [4.78, 5) is 0.142. The zero-order valence-corrected chi connectivity index (χ0v) is 13.0. The van der Waals surface area contributed by atoms with E-state index in [4.69, 9.17) is 16.3 Å². The molecule has 1 unspecified atom stereocenters. The van der Waals surface area contributed by atoms with Gasteiger partial charge in [0.2, 0.25) is 10.0 Å². The molecular formula is C13H18ClNO4S. The highest BCUT2D eigenvalue weighted by Gasteiger charge is 2.32. The maximum Gasteiger partial charge on any atom is 0.243 e. The third-order valence-corrected chi connectivity index (χ3v) is 5.93. The van der Waals surface area contributed by atoms with Crippen LogP contribution in [-0.2, 0) is 21.4 Å². The molecule has 1 aliphatic rings. The van der Waals surface area contributed by atoms with Gasteiger partial charge in [0.05, 0.1) is 24.2 Å². The lowest BCUT2D eigenvalue weighted by atomic mass is 10.1. The second kappa shape index (κ2) is 5.99. The maximum atomic E-state index is 12.7. The molecule has 1 aromatic rings. The molecule has 1 atom stereocenters. The quantitative estimate of drug-likeness (QED) is 0.914. The Labute approximate surface area is 124 Å². The number of aliphatic hydroxyl groups excluding tert-OH is 1. The van der Waals surface area contributed by atoms with E-state index in [9.17, 15) is 13.5 Å². The first kappa shape index (κ1) is 15.7. The van der Waals surface area contributed by atoms with Gasteiger partial charge >= 0.3 is 0 Å². The second-order valence-electron chi connectivity index (χ2n) is 4.88. The van der Waals surface area contributed by atoms with E-state index in [-0.39, 0.29) is 17.5 Å². The number of halogens is 1. The van der Waals surface area contributed by atoms with Gasteiger partial charge in [0.1, 0.15) is 0 Å². The summed E-state index contributed by atoms with van der Waals surface area (Å²) in [6.07, 6.45) is 0.683. The minimum atomic E-state index is -3.65. The predicted octanol–water partition coefficient (Wildman–Crippen LogP) is 1.55. The Morgan fingerprint density at radius 3 is 2.75 bits per heavy atom. The molecule has 0 aromatic heterocycles. The van der Waals surface area contributed by atoms with Crippen LogP contribution in [0.4, 0.5) is 0 Å².